The monoisotopic (exact) mass is 490 g/mol. The second-order valence-corrected chi connectivity index (χ2v) is 8.43. The third-order valence-electron chi connectivity index (χ3n) is 5.55. The number of aromatic nitrogens is 2. The molecule has 1 aromatic heterocycles. The number of rotatable bonds is 7. The number of aryl methyl sites for hydroxylation is 1. The van der Waals surface area contributed by atoms with Gasteiger partial charge in [-0.2, -0.15) is 0 Å². The molecule has 0 unspecified atom stereocenters. The van der Waals surface area contributed by atoms with Crippen LogP contribution in [0, 0.1) is 12.7 Å². The predicted octanol–water partition coefficient (Wildman–Crippen LogP) is 5.74. The molecule has 0 spiro atoms. The topological polar surface area (TPSA) is 67.2 Å². The molecular formula is C27H24ClFN4O2. The molecule has 178 valence electrons. The van der Waals surface area contributed by atoms with Crippen LogP contribution in [0.4, 0.5) is 10.3 Å². The molecule has 0 fully saturated rings. The highest BCUT2D eigenvalue weighted by Crippen LogP contribution is 2.25. The highest BCUT2D eigenvalue weighted by Gasteiger charge is 2.20. The largest absolute Gasteiger partial charge is 0.330 e. The maximum absolute atomic E-state index is 14.3. The average molecular weight is 491 g/mol. The number of anilines is 1. The van der Waals surface area contributed by atoms with Crippen LogP contribution in [0.3, 0.4) is 0 Å². The van der Waals surface area contributed by atoms with E-state index in [0.717, 1.165) is 5.56 Å². The van der Waals surface area contributed by atoms with Crippen molar-refractivity contribution < 1.29 is 14.0 Å². The number of nitrogens with one attached hydrogen (secondary N) is 1. The Morgan fingerprint density at radius 2 is 1.77 bits per heavy atom. The molecule has 4 rings (SSSR count). The number of carbonyl (C=O) groups is 2. The van der Waals surface area contributed by atoms with Crippen LogP contribution in [0.5, 0.6) is 0 Å². The Labute approximate surface area is 208 Å². The number of hydrogen-bond donors (Lipinski definition) is 1. The number of carbonyl (C=O) groups excluding carboxylic acids is 2. The van der Waals surface area contributed by atoms with Gasteiger partial charge >= 0.3 is 0 Å². The summed E-state index contributed by atoms with van der Waals surface area (Å²) in [5.74, 6) is -0.839. The summed E-state index contributed by atoms with van der Waals surface area (Å²) in [7, 11) is 0. The Hall–Kier alpha value is -3.97. The van der Waals surface area contributed by atoms with Gasteiger partial charge in [0.2, 0.25) is 11.9 Å². The third-order valence-corrected chi connectivity index (χ3v) is 5.81. The number of halogens is 2. The Bertz CT molecular complexity index is 1350. The van der Waals surface area contributed by atoms with E-state index >= 15 is 0 Å². The number of imidazole rings is 1. The first kappa shape index (κ1) is 24.2. The van der Waals surface area contributed by atoms with Crippen molar-refractivity contribution in [2.75, 3.05) is 18.4 Å². The van der Waals surface area contributed by atoms with Crippen LogP contribution in [0.15, 0.2) is 79.0 Å². The summed E-state index contributed by atoms with van der Waals surface area (Å²) in [4.78, 5) is 31.8. The Kier molecular flexibility index (Phi) is 7.27. The van der Waals surface area contributed by atoms with Crippen LogP contribution in [-0.2, 0) is 4.79 Å². The van der Waals surface area contributed by atoms with Crippen molar-refractivity contribution in [2.45, 2.75) is 13.8 Å². The first-order valence-corrected chi connectivity index (χ1v) is 11.5. The smallest absolute Gasteiger partial charge is 0.254 e. The van der Waals surface area contributed by atoms with E-state index < -0.39 is 5.91 Å². The van der Waals surface area contributed by atoms with Gasteiger partial charge in [0.25, 0.3) is 5.91 Å². The molecule has 0 aliphatic heterocycles. The van der Waals surface area contributed by atoms with Crippen molar-refractivity contribution >= 4 is 29.4 Å². The molecule has 1 N–H and O–H groups in total. The molecule has 0 atom stereocenters. The molecule has 0 bridgehead atoms. The summed E-state index contributed by atoms with van der Waals surface area (Å²) in [5.41, 5.74) is 2.94. The average Bonchev–Trinajstić information content (AvgIpc) is 3.28. The molecule has 0 saturated carbocycles. The quantitative estimate of drug-likeness (QED) is 0.359. The lowest BCUT2D eigenvalue weighted by Crippen LogP contribution is -2.38. The maximum Gasteiger partial charge on any atom is 0.254 e. The van der Waals surface area contributed by atoms with Gasteiger partial charge in [-0.1, -0.05) is 48.0 Å². The minimum atomic E-state index is -0.423. The van der Waals surface area contributed by atoms with Crippen molar-refractivity contribution in [3.63, 3.8) is 0 Å². The number of nitrogens with zero attached hydrogens (tertiary/aromatic N) is 3. The summed E-state index contributed by atoms with van der Waals surface area (Å²) in [6.45, 7) is 3.64. The summed E-state index contributed by atoms with van der Waals surface area (Å²) in [5, 5.41) is 3.31. The molecule has 3 aromatic carbocycles. The van der Waals surface area contributed by atoms with Gasteiger partial charge in [-0.05, 0) is 55.8 Å². The first-order chi connectivity index (χ1) is 16.9. The van der Waals surface area contributed by atoms with Crippen molar-refractivity contribution in [2.24, 2.45) is 0 Å². The van der Waals surface area contributed by atoms with Crippen molar-refractivity contribution in [3.05, 3.63) is 101 Å². The minimum absolute atomic E-state index is 0.173. The van der Waals surface area contributed by atoms with E-state index in [1.807, 2.05) is 30.3 Å². The van der Waals surface area contributed by atoms with Gasteiger partial charge in [0, 0.05) is 28.9 Å². The zero-order valence-electron chi connectivity index (χ0n) is 19.3. The minimum Gasteiger partial charge on any atom is -0.330 e. The zero-order chi connectivity index (χ0) is 24.9. The fourth-order valence-corrected chi connectivity index (χ4v) is 3.71. The summed E-state index contributed by atoms with van der Waals surface area (Å²) in [6, 6.07) is 20.8. The highest BCUT2D eigenvalue weighted by atomic mass is 35.5. The third kappa shape index (κ3) is 5.58. The number of hydrogen-bond acceptors (Lipinski definition) is 3. The van der Waals surface area contributed by atoms with Gasteiger partial charge in [-0.25, -0.2) is 9.37 Å². The van der Waals surface area contributed by atoms with Gasteiger partial charge in [0.05, 0.1) is 11.4 Å². The molecule has 0 aliphatic rings. The molecule has 4 aromatic rings. The highest BCUT2D eigenvalue weighted by molar-refractivity contribution is 6.30. The lowest BCUT2D eigenvalue weighted by molar-refractivity contribution is -0.116. The maximum atomic E-state index is 14.3. The van der Waals surface area contributed by atoms with Gasteiger partial charge in [-0.15, -0.1) is 0 Å². The SMILES string of the molecule is CCN(CC(=O)Nc1nc(-c2ccccc2)cn1-c1ccc(C)c(F)c1)C(=O)c1ccc(Cl)cc1. The second kappa shape index (κ2) is 10.5. The van der Waals surface area contributed by atoms with E-state index in [0.29, 0.717) is 34.1 Å². The number of likely N-dealkylation sites (N-methyl/N-ethyl adjacent to an activating group) is 1. The fourth-order valence-electron chi connectivity index (χ4n) is 3.58. The van der Waals surface area contributed by atoms with E-state index in [1.165, 1.54) is 11.0 Å². The molecule has 35 heavy (non-hydrogen) atoms. The molecular weight excluding hydrogens is 467 g/mol. The lowest BCUT2D eigenvalue weighted by atomic mass is 10.2. The van der Waals surface area contributed by atoms with Crippen molar-refractivity contribution in [3.8, 4) is 16.9 Å². The zero-order valence-corrected chi connectivity index (χ0v) is 20.1. The van der Waals surface area contributed by atoms with Crippen LogP contribution in [0.2, 0.25) is 5.02 Å². The number of amides is 2. The van der Waals surface area contributed by atoms with E-state index in [2.05, 4.69) is 10.3 Å². The van der Waals surface area contributed by atoms with E-state index in [1.54, 1.807) is 61.0 Å². The summed E-state index contributed by atoms with van der Waals surface area (Å²) >= 11 is 5.91. The Balaban J connectivity index is 1.60. The molecule has 1 heterocycles. The van der Waals surface area contributed by atoms with Gasteiger partial charge in [0.15, 0.2) is 0 Å². The van der Waals surface area contributed by atoms with E-state index in [-0.39, 0.29) is 24.2 Å². The first-order valence-electron chi connectivity index (χ1n) is 11.1. The second-order valence-electron chi connectivity index (χ2n) is 7.99. The predicted molar refractivity (Wildman–Crippen MR) is 135 cm³/mol. The van der Waals surface area contributed by atoms with Crippen LogP contribution in [0.25, 0.3) is 16.9 Å². The van der Waals surface area contributed by atoms with Gasteiger partial charge in [-0.3, -0.25) is 19.5 Å². The van der Waals surface area contributed by atoms with Crippen LogP contribution < -0.4 is 5.32 Å². The molecule has 0 radical (unpaired) electrons. The molecule has 8 heteroatoms. The number of benzene rings is 3. The lowest BCUT2D eigenvalue weighted by Gasteiger charge is -2.20. The van der Waals surface area contributed by atoms with Crippen LogP contribution >= 0.6 is 11.6 Å². The summed E-state index contributed by atoms with van der Waals surface area (Å²) in [6.07, 6.45) is 1.74. The molecule has 6 nitrogen and oxygen atoms in total. The van der Waals surface area contributed by atoms with Crippen LogP contribution in [0.1, 0.15) is 22.8 Å². The van der Waals surface area contributed by atoms with E-state index in [9.17, 15) is 14.0 Å². The van der Waals surface area contributed by atoms with Crippen molar-refractivity contribution in [1.29, 1.82) is 0 Å². The molecule has 0 aliphatic carbocycles. The standard InChI is InChI=1S/C27H24ClFN4O2/c1-3-32(26(35)20-10-12-21(28)13-11-20)17-25(34)31-27-30-24(19-7-5-4-6-8-19)16-33(27)22-14-9-18(2)23(29)15-22/h4-16H,3,17H2,1-2H3,(H,30,31,34). The molecule has 0 saturated heterocycles. The van der Waals surface area contributed by atoms with Gasteiger partial charge in [0.1, 0.15) is 12.4 Å². The molecule has 2 amide bonds. The van der Waals surface area contributed by atoms with Gasteiger partial charge < -0.3 is 4.90 Å². The normalized spacial score (nSPS) is 10.7. The Morgan fingerprint density at radius 3 is 2.43 bits per heavy atom. The van der Waals surface area contributed by atoms with Crippen LogP contribution in [-0.4, -0.2) is 39.4 Å². The Morgan fingerprint density at radius 1 is 1.06 bits per heavy atom. The summed E-state index contributed by atoms with van der Waals surface area (Å²) < 4.78 is 15.9. The van der Waals surface area contributed by atoms with E-state index in [4.69, 9.17) is 11.6 Å². The fraction of sp³-hybridized carbons (Fsp3) is 0.148. The van der Waals surface area contributed by atoms with Crippen molar-refractivity contribution in [1.82, 2.24) is 14.5 Å².